The van der Waals surface area contributed by atoms with E-state index in [1.54, 1.807) is 90.3 Å². The number of hydrogen-bond acceptors (Lipinski definition) is 10. The molecule has 220 valence electrons. The second-order valence-electron chi connectivity index (χ2n) is 9.74. The molecule has 14 nitrogen and oxygen atoms in total. The lowest BCUT2D eigenvalue weighted by molar-refractivity contribution is -0.649. The number of rotatable bonds is 7. The topological polar surface area (TPSA) is 176 Å². The summed E-state index contributed by atoms with van der Waals surface area (Å²) in [6.45, 7) is 0. The highest BCUT2D eigenvalue weighted by Crippen LogP contribution is 2.39. The zero-order valence-corrected chi connectivity index (χ0v) is 24.5. The molecule has 6 rings (SSSR count). The van der Waals surface area contributed by atoms with Crippen molar-refractivity contribution in [3.8, 4) is 0 Å². The Hall–Kier alpha value is -4.77. The molecular formula is C27H25N8O6S2+. The number of aryl methyl sites for hydroxylation is 1. The second kappa shape index (κ2) is 10.5. The van der Waals surface area contributed by atoms with Crippen LogP contribution < -0.4 is 14.4 Å². The van der Waals surface area contributed by atoms with E-state index in [0.717, 1.165) is 0 Å². The van der Waals surface area contributed by atoms with Crippen molar-refractivity contribution in [1.82, 2.24) is 24.5 Å². The highest BCUT2D eigenvalue weighted by atomic mass is 32.2. The fourth-order valence-electron chi connectivity index (χ4n) is 4.90. The minimum atomic E-state index is -4.42. The van der Waals surface area contributed by atoms with Gasteiger partial charge in [0, 0.05) is 13.1 Å². The first-order valence-corrected chi connectivity index (χ1v) is 16.0. The molecule has 0 bridgehead atoms. The normalized spacial score (nSPS) is 15.3. The third-order valence-electron chi connectivity index (χ3n) is 6.75. The predicted molar refractivity (Wildman–Crippen MR) is 161 cm³/mol. The molecule has 0 saturated heterocycles. The predicted octanol–water partition coefficient (Wildman–Crippen LogP) is 2.41. The minimum Gasteiger partial charge on any atom is -0.312 e. The Morgan fingerprint density at radius 1 is 0.767 bits per heavy atom. The number of nitrogens with zero attached hydrogens (tertiary/aromatic N) is 8. The number of hydrogen-bond donors (Lipinski definition) is 2. The quantitative estimate of drug-likeness (QED) is 0.154. The summed E-state index contributed by atoms with van der Waals surface area (Å²) < 4.78 is 69.8. The van der Waals surface area contributed by atoms with Crippen LogP contribution in [0.2, 0.25) is 0 Å². The van der Waals surface area contributed by atoms with Gasteiger partial charge in [0.2, 0.25) is 5.82 Å². The fraction of sp³-hybridized carbons (Fsp3) is 0.148. The maximum Gasteiger partial charge on any atom is 0.323 e. The molecule has 0 radical (unpaired) electrons. The molecule has 16 heteroatoms. The fourth-order valence-corrected chi connectivity index (χ4v) is 6.06. The van der Waals surface area contributed by atoms with Gasteiger partial charge in [0.1, 0.15) is 11.3 Å². The van der Waals surface area contributed by atoms with E-state index >= 15 is 0 Å². The van der Waals surface area contributed by atoms with E-state index in [1.807, 2.05) is 12.1 Å². The van der Waals surface area contributed by atoms with Crippen LogP contribution in [0.15, 0.2) is 78.7 Å². The average molecular weight is 622 g/mol. The molecule has 0 saturated carbocycles. The van der Waals surface area contributed by atoms with Gasteiger partial charge in [-0.05, 0) is 30.3 Å². The number of imidazole rings is 1. The highest BCUT2D eigenvalue weighted by Gasteiger charge is 2.34. The van der Waals surface area contributed by atoms with Crippen LogP contribution in [0.25, 0.3) is 39.4 Å². The zero-order chi connectivity index (χ0) is 30.5. The summed E-state index contributed by atoms with van der Waals surface area (Å²) in [5.41, 5.74) is 3.10. The molecule has 0 unspecified atom stereocenters. The van der Waals surface area contributed by atoms with Crippen LogP contribution in [0.1, 0.15) is 5.82 Å². The third kappa shape index (κ3) is 5.55. The van der Waals surface area contributed by atoms with E-state index in [9.17, 15) is 25.9 Å². The van der Waals surface area contributed by atoms with Gasteiger partial charge in [-0.2, -0.15) is 16.8 Å². The van der Waals surface area contributed by atoms with Gasteiger partial charge in [0.15, 0.2) is 28.9 Å². The Kier molecular flexibility index (Phi) is 6.92. The maximum absolute atomic E-state index is 11.9. The zero-order valence-electron chi connectivity index (χ0n) is 22.8. The summed E-state index contributed by atoms with van der Waals surface area (Å²) in [5.74, 6) is 0.0480. The standard InChI is InChI=1S/C27H24N8O6S2/c1-32-22(34(16-42(36,37)38)26-24(32)28-18-10-6-8-12-20(18)30-26)14-4-3-5-15-23-33(2)25-27(35(23)17-43(39,40)41)31-21-13-9-7-11-19(21)29-25/h3-15H,16-17H2,1-2H3,(H-,36,37,38,39,40,41)/p+1. The summed E-state index contributed by atoms with van der Waals surface area (Å²) >= 11 is 0. The van der Waals surface area contributed by atoms with Crippen LogP contribution in [0, 0.1) is 0 Å². The van der Waals surface area contributed by atoms with Gasteiger partial charge in [-0.25, -0.2) is 24.1 Å². The molecule has 4 heterocycles. The molecule has 0 aliphatic carbocycles. The number of benzene rings is 2. The number of anilines is 2. The summed E-state index contributed by atoms with van der Waals surface area (Å²) in [6.07, 6.45) is 8.21. The van der Waals surface area contributed by atoms with Crippen LogP contribution in [-0.2, 0) is 33.2 Å². The van der Waals surface area contributed by atoms with Crippen LogP contribution >= 0.6 is 0 Å². The molecule has 0 spiro atoms. The molecule has 1 aliphatic heterocycles. The number of allylic oxidation sites excluding steroid dienone is 4. The van der Waals surface area contributed by atoms with Gasteiger partial charge in [0.25, 0.3) is 25.9 Å². The van der Waals surface area contributed by atoms with Gasteiger partial charge >= 0.3 is 5.65 Å². The van der Waals surface area contributed by atoms with Crippen molar-refractivity contribution < 1.29 is 30.5 Å². The largest absolute Gasteiger partial charge is 0.323 e. The van der Waals surface area contributed by atoms with Gasteiger partial charge in [-0.3, -0.25) is 14.0 Å². The van der Waals surface area contributed by atoms with Crippen LogP contribution in [-0.4, -0.2) is 63.4 Å². The smallest absolute Gasteiger partial charge is 0.312 e. The van der Waals surface area contributed by atoms with E-state index in [1.165, 1.54) is 9.47 Å². The van der Waals surface area contributed by atoms with Crippen molar-refractivity contribution in [3.63, 3.8) is 0 Å². The van der Waals surface area contributed by atoms with Gasteiger partial charge in [0.05, 0.1) is 18.1 Å². The molecule has 0 amide bonds. The Labute approximate surface area is 246 Å². The van der Waals surface area contributed by atoms with E-state index < -0.39 is 32.0 Å². The van der Waals surface area contributed by atoms with Crippen LogP contribution in [0.5, 0.6) is 0 Å². The molecular weight excluding hydrogens is 596 g/mol. The van der Waals surface area contributed by atoms with E-state index in [2.05, 4.69) is 19.9 Å². The molecule has 1 aliphatic rings. The molecule has 0 atom stereocenters. The summed E-state index contributed by atoms with van der Waals surface area (Å²) in [7, 11) is -5.42. The van der Waals surface area contributed by atoms with Gasteiger partial charge in [-0.1, -0.05) is 47.5 Å². The monoisotopic (exact) mass is 621 g/mol. The summed E-state index contributed by atoms with van der Waals surface area (Å²) in [4.78, 5) is 21.4. The first-order valence-electron chi connectivity index (χ1n) is 12.8. The van der Waals surface area contributed by atoms with Crippen LogP contribution in [0.3, 0.4) is 0 Å². The Morgan fingerprint density at radius 3 is 1.93 bits per heavy atom. The molecule has 43 heavy (non-hydrogen) atoms. The van der Waals surface area contributed by atoms with E-state index in [0.29, 0.717) is 45.2 Å². The van der Waals surface area contributed by atoms with Crippen molar-refractivity contribution in [2.24, 2.45) is 7.05 Å². The first kappa shape index (κ1) is 28.4. The van der Waals surface area contributed by atoms with Gasteiger partial charge < -0.3 is 4.90 Å². The molecule has 2 aromatic carbocycles. The Balaban J connectivity index is 1.37. The van der Waals surface area contributed by atoms with Crippen molar-refractivity contribution in [3.05, 3.63) is 84.5 Å². The van der Waals surface area contributed by atoms with E-state index in [4.69, 9.17) is 0 Å². The maximum atomic E-state index is 11.9. The van der Waals surface area contributed by atoms with Crippen LogP contribution in [0.4, 0.5) is 11.6 Å². The number of fused-ring (bicyclic) bond motifs is 4. The molecule has 3 aromatic heterocycles. The minimum absolute atomic E-state index is 0.281. The molecule has 0 fully saturated rings. The Morgan fingerprint density at radius 2 is 1.33 bits per heavy atom. The van der Waals surface area contributed by atoms with E-state index in [-0.39, 0.29) is 11.5 Å². The second-order valence-corrected chi connectivity index (χ2v) is 12.6. The first-order chi connectivity index (χ1) is 20.4. The molecule has 2 N–H and O–H groups in total. The average Bonchev–Trinajstić information content (AvgIpc) is 3.33. The van der Waals surface area contributed by atoms with Gasteiger partial charge in [-0.15, -0.1) is 0 Å². The van der Waals surface area contributed by atoms with Crippen molar-refractivity contribution >= 4 is 71.3 Å². The molecule has 5 aromatic rings. The SMILES string of the molecule is CN1C(=CC=CC=Cc2n(CS(=O)(=O)O)c3nc4ccccc4nc3[n+]2C)N(CS(=O)(=O)O)c2nc3ccccc3nc21. The number of para-hydroxylation sites is 4. The van der Waals surface area contributed by atoms with Crippen molar-refractivity contribution in [2.45, 2.75) is 5.88 Å². The van der Waals surface area contributed by atoms with Crippen molar-refractivity contribution in [2.75, 3.05) is 22.7 Å². The summed E-state index contributed by atoms with van der Waals surface area (Å²) in [6, 6.07) is 14.4. The number of aromatic nitrogens is 6. The Bertz CT molecular complexity index is 2240. The third-order valence-corrected chi connectivity index (χ3v) is 7.92. The summed E-state index contributed by atoms with van der Waals surface area (Å²) in [5, 5.41) is 0. The lowest BCUT2D eigenvalue weighted by Gasteiger charge is -2.19. The lowest BCUT2D eigenvalue weighted by atomic mass is 10.3. The van der Waals surface area contributed by atoms with Crippen molar-refractivity contribution in [1.29, 1.82) is 0 Å². The highest BCUT2D eigenvalue weighted by molar-refractivity contribution is 7.85. The lowest BCUT2D eigenvalue weighted by Crippen LogP contribution is -2.32.